The Balaban J connectivity index is 1.93. The molecule has 0 aromatic heterocycles. The molecule has 1 atom stereocenters. The Hall–Kier alpha value is -1.59. The smallest absolute Gasteiger partial charge is 0.251 e. The molecule has 1 aliphatic heterocycles. The maximum atomic E-state index is 12.1. The van der Waals surface area contributed by atoms with Crippen molar-refractivity contribution in [3.63, 3.8) is 0 Å². The van der Waals surface area contributed by atoms with E-state index in [1.54, 1.807) is 38.5 Å². The van der Waals surface area contributed by atoms with Gasteiger partial charge in [-0.15, -0.1) is 0 Å². The average Bonchev–Trinajstić information content (AvgIpc) is 2.94. The zero-order valence-electron chi connectivity index (χ0n) is 12.1. The van der Waals surface area contributed by atoms with Crippen molar-refractivity contribution in [3.8, 4) is 5.75 Å². The Labute approximate surface area is 119 Å². The molecule has 0 spiro atoms. The summed E-state index contributed by atoms with van der Waals surface area (Å²) in [4.78, 5) is 12.1. The maximum Gasteiger partial charge on any atom is 0.251 e. The molecule has 20 heavy (non-hydrogen) atoms. The Morgan fingerprint density at radius 2 is 2.10 bits per heavy atom. The lowest BCUT2D eigenvalue weighted by molar-refractivity contribution is 0.0892. The van der Waals surface area contributed by atoms with Gasteiger partial charge in [-0.1, -0.05) is 0 Å². The fraction of sp³-hybridized carbons (Fsp3) is 0.533. The highest BCUT2D eigenvalue weighted by Crippen LogP contribution is 2.19. The van der Waals surface area contributed by atoms with E-state index in [0.29, 0.717) is 18.7 Å². The molecule has 1 amide bonds. The SMILES string of the molecule is COCC1(CNC(=O)c2ccc(OC)cc2)CCCN1. The number of amides is 1. The summed E-state index contributed by atoms with van der Waals surface area (Å²) in [5, 5.41) is 6.42. The van der Waals surface area contributed by atoms with Gasteiger partial charge in [0.15, 0.2) is 0 Å². The lowest BCUT2D eigenvalue weighted by atomic mass is 9.98. The second kappa shape index (κ2) is 6.72. The van der Waals surface area contributed by atoms with E-state index in [0.717, 1.165) is 25.1 Å². The van der Waals surface area contributed by atoms with Gasteiger partial charge in [-0.25, -0.2) is 0 Å². The van der Waals surface area contributed by atoms with E-state index in [1.165, 1.54) is 0 Å². The topological polar surface area (TPSA) is 59.6 Å². The minimum atomic E-state index is -0.128. The quantitative estimate of drug-likeness (QED) is 0.821. The van der Waals surface area contributed by atoms with Gasteiger partial charge in [0.1, 0.15) is 5.75 Å². The number of hydrogen-bond acceptors (Lipinski definition) is 4. The van der Waals surface area contributed by atoms with Crippen LogP contribution >= 0.6 is 0 Å². The molecular formula is C15H22N2O3. The van der Waals surface area contributed by atoms with Crippen molar-refractivity contribution in [2.45, 2.75) is 18.4 Å². The molecule has 2 N–H and O–H groups in total. The van der Waals surface area contributed by atoms with Gasteiger partial charge in [0.2, 0.25) is 0 Å². The van der Waals surface area contributed by atoms with Gasteiger partial charge in [-0.3, -0.25) is 4.79 Å². The molecule has 1 unspecified atom stereocenters. The largest absolute Gasteiger partial charge is 0.497 e. The van der Waals surface area contributed by atoms with Crippen LogP contribution in [0.1, 0.15) is 23.2 Å². The number of ether oxygens (including phenoxy) is 2. The lowest BCUT2D eigenvalue weighted by Crippen LogP contribution is -2.52. The summed E-state index contributed by atoms with van der Waals surface area (Å²) < 4.78 is 10.3. The first-order valence-electron chi connectivity index (χ1n) is 6.85. The molecule has 110 valence electrons. The monoisotopic (exact) mass is 278 g/mol. The van der Waals surface area contributed by atoms with E-state index in [2.05, 4.69) is 10.6 Å². The molecule has 1 aromatic carbocycles. The predicted molar refractivity (Wildman–Crippen MR) is 77.2 cm³/mol. The minimum Gasteiger partial charge on any atom is -0.497 e. The van der Waals surface area contributed by atoms with E-state index in [9.17, 15) is 4.79 Å². The molecule has 2 rings (SSSR count). The van der Waals surface area contributed by atoms with E-state index < -0.39 is 0 Å². The summed E-state index contributed by atoms with van der Waals surface area (Å²) in [6.45, 7) is 2.16. The Morgan fingerprint density at radius 3 is 2.65 bits per heavy atom. The summed E-state index contributed by atoms with van der Waals surface area (Å²) in [7, 11) is 3.29. The van der Waals surface area contributed by atoms with Crippen molar-refractivity contribution in [3.05, 3.63) is 29.8 Å². The highest BCUT2D eigenvalue weighted by molar-refractivity contribution is 5.94. The fourth-order valence-corrected chi connectivity index (χ4v) is 2.56. The predicted octanol–water partition coefficient (Wildman–Crippen LogP) is 1.19. The Morgan fingerprint density at radius 1 is 1.35 bits per heavy atom. The van der Waals surface area contributed by atoms with Crippen molar-refractivity contribution >= 4 is 5.91 Å². The first kappa shape index (κ1) is 14.8. The van der Waals surface area contributed by atoms with Crippen molar-refractivity contribution in [2.24, 2.45) is 0 Å². The summed E-state index contributed by atoms with van der Waals surface area (Å²) in [6.07, 6.45) is 2.13. The molecule has 1 fully saturated rings. The van der Waals surface area contributed by atoms with Gasteiger partial charge in [0, 0.05) is 19.2 Å². The van der Waals surface area contributed by atoms with Crippen molar-refractivity contribution < 1.29 is 14.3 Å². The Bertz CT molecular complexity index is 439. The zero-order chi connectivity index (χ0) is 14.4. The molecule has 1 saturated heterocycles. The lowest BCUT2D eigenvalue weighted by Gasteiger charge is -2.28. The van der Waals surface area contributed by atoms with Crippen LogP contribution in [0.3, 0.4) is 0 Å². The molecule has 1 heterocycles. The van der Waals surface area contributed by atoms with E-state index in [4.69, 9.17) is 9.47 Å². The summed E-state index contributed by atoms with van der Waals surface area (Å²) in [5.74, 6) is 0.673. The van der Waals surface area contributed by atoms with Crippen LogP contribution in [0.4, 0.5) is 0 Å². The third-order valence-electron chi connectivity index (χ3n) is 3.69. The van der Waals surface area contributed by atoms with Gasteiger partial charge >= 0.3 is 0 Å². The third-order valence-corrected chi connectivity index (χ3v) is 3.69. The molecule has 5 heteroatoms. The van der Waals surface area contributed by atoms with E-state index in [-0.39, 0.29) is 11.4 Å². The first-order valence-corrected chi connectivity index (χ1v) is 6.85. The fourth-order valence-electron chi connectivity index (χ4n) is 2.56. The number of carbonyl (C=O) groups is 1. The summed E-state index contributed by atoms with van der Waals surface area (Å²) >= 11 is 0. The van der Waals surface area contributed by atoms with Gasteiger partial charge in [-0.2, -0.15) is 0 Å². The second-order valence-corrected chi connectivity index (χ2v) is 5.15. The molecule has 1 aromatic rings. The van der Waals surface area contributed by atoms with E-state index in [1.807, 2.05) is 0 Å². The van der Waals surface area contributed by atoms with Crippen molar-refractivity contribution in [1.29, 1.82) is 0 Å². The number of methoxy groups -OCH3 is 2. The average molecular weight is 278 g/mol. The molecule has 0 aliphatic carbocycles. The summed E-state index contributed by atoms with van der Waals surface area (Å²) in [6, 6.07) is 7.10. The number of hydrogen-bond donors (Lipinski definition) is 2. The van der Waals surface area contributed by atoms with Gasteiger partial charge in [0.25, 0.3) is 5.91 Å². The summed E-state index contributed by atoms with van der Waals surface area (Å²) in [5.41, 5.74) is 0.507. The van der Waals surface area contributed by atoms with Crippen LogP contribution in [0.2, 0.25) is 0 Å². The van der Waals surface area contributed by atoms with Gasteiger partial charge in [-0.05, 0) is 43.7 Å². The number of nitrogens with one attached hydrogen (secondary N) is 2. The minimum absolute atomic E-state index is 0.0724. The Kier molecular flexibility index (Phi) is 4.98. The van der Waals surface area contributed by atoms with E-state index >= 15 is 0 Å². The number of carbonyl (C=O) groups excluding carboxylic acids is 1. The zero-order valence-corrected chi connectivity index (χ0v) is 12.1. The first-order chi connectivity index (χ1) is 9.69. The molecule has 0 radical (unpaired) electrons. The van der Waals surface area contributed by atoms with Crippen LogP contribution in [-0.2, 0) is 4.74 Å². The molecule has 5 nitrogen and oxygen atoms in total. The highest BCUT2D eigenvalue weighted by Gasteiger charge is 2.33. The molecule has 1 aliphatic rings. The van der Waals surface area contributed by atoms with Crippen molar-refractivity contribution in [2.75, 3.05) is 33.9 Å². The van der Waals surface area contributed by atoms with Crippen LogP contribution in [0.5, 0.6) is 5.75 Å². The molecule has 0 saturated carbocycles. The maximum absolute atomic E-state index is 12.1. The van der Waals surface area contributed by atoms with Crippen molar-refractivity contribution in [1.82, 2.24) is 10.6 Å². The molecule has 0 bridgehead atoms. The van der Waals surface area contributed by atoms with Crippen LogP contribution in [0.25, 0.3) is 0 Å². The van der Waals surface area contributed by atoms with Crippen LogP contribution < -0.4 is 15.4 Å². The van der Waals surface area contributed by atoms with Crippen LogP contribution in [0, 0.1) is 0 Å². The van der Waals surface area contributed by atoms with Gasteiger partial charge < -0.3 is 20.1 Å². The standard InChI is InChI=1S/C15H22N2O3/c1-19-11-15(8-3-9-17-15)10-16-14(18)12-4-6-13(20-2)7-5-12/h4-7,17H,3,8-11H2,1-2H3,(H,16,18). The van der Waals surface area contributed by atoms with Crippen LogP contribution in [0.15, 0.2) is 24.3 Å². The highest BCUT2D eigenvalue weighted by atomic mass is 16.5. The second-order valence-electron chi connectivity index (χ2n) is 5.15. The number of rotatable bonds is 6. The van der Waals surface area contributed by atoms with Gasteiger partial charge in [0.05, 0.1) is 19.3 Å². The van der Waals surface area contributed by atoms with Crippen LogP contribution in [-0.4, -0.2) is 45.4 Å². The third kappa shape index (κ3) is 3.49. The normalized spacial score (nSPS) is 21.7. The molecular weight excluding hydrogens is 256 g/mol. The number of benzene rings is 1.